The first-order valence-corrected chi connectivity index (χ1v) is 8.42. The summed E-state index contributed by atoms with van der Waals surface area (Å²) in [5, 5.41) is 11.2. The van der Waals surface area contributed by atoms with E-state index in [0.29, 0.717) is 31.1 Å². The Labute approximate surface area is 134 Å². The molecule has 7 heteroatoms. The van der Waals surface area contributed by atoms with E-state index in [-0.39, 0.29) is 5.91 Å². The van der Waals surface area contributed by atoms with Gasteiger partial charge in [0, 0.05) is 31.4 Å². The number of rotatable bonds is 8. The van der Waals surface area contributed by atoms with E-state index in [0.717, 1.165) is 36.9 Å². The van der Waals surface area contributed by atoms with Gasteiger partial charge in [-0.05, 0) is 38.0 Å². The third-order valence-corrected chi connectivity index (χ3v) is 4.33. The van der Waals surface area contributed by atoms with Crippen LogP contribution in [0.4, 0.5) is 5.82 Å². The number of nitrogens with zero attached hydrogens (tertiary/aromatic N) is 4. The zero-order valence-corrected chi connectivity index (χ0v) is 13.1. The van der Waals surface area contributed by atoms with Gasteiger partial charge in [-0.15, -0.1) is 0 Å². The van der Waals surface area contributed by atoms with Gasteiger partial charge in [-0.1, -0.05) is 5.16 Å². The Morgan fingerprint density at radius 1 is 1.35 bits per heavy atom. The number of aromatic nitrogens is 4. The fourth-order valence-electron chi connectivity index (χ4n) is 2.61. The molecule has 122 valence electrons. The van der Waals surface area contributed by atoms with Crippen molar-refractivity contribution in [1.82, 2.24) is 19.9 Å². The van der Waals surface area contributed by atoms with Crippen LogP contribution >= 0.6 is 0 Å². The lowest BCUT2D eigenvalue weighted by atomic mass is 10.2. The molecule has 23 heavy (non-hydrogen) atoms. The van der Waals surface area contributed by atoms with Crippen LogP contribution in [0.3, 0.4) is 0 Å². The average Bonchev–Trinajstić information content (AvgIpc) is 3.45. The largest absolute Gasteiger partial charge is 0.339 e. The predicted octanol–water partition coefficient (Wildman–Crippen LogP) is 2.51. The first-order valence-electron chi connectivity index (χ1n) is 8.42. The summed E-state index contributed by atoms with van der Waals surface area (Å²) >= 11 is 0. The number of aryl methyl sites for hydroxylation is 1. The standard InChI is InChI=1S/C16H21N5O2/c22-14(18-13-8-9-17-21(13)10-11-4-5-11)2-1-3-15-19-16(20-23-15)12-6-7-12/h8-9,11-12H,1-7,10H2,(H,18,22). The van der Waals surface area contributed by atoms with Crippen molar-refractivity contribution in [1.29, 1.82) is 0 Å². The topological polar surface area (TPSA) is 85.8 Å². The number of carbonyl (C=O) groups is 1. The Kier molecular flexibility index (Phi) is 3.85. The van der Waals surface area contributed by atoms with E-state index >= 15 is 0 Å². The van der Waals surface area contributed by atoms with Crippen molar-refractivity contribution in [3.8, 4) is 0 Å². The van der Waals surface area contributed by atoms with Gasteiger partial charge in [0.25, 0.3) is 0 Å². The molecule has 0 bridgehead atoms. The maximum Gasteiger partial charge on any atom is 0.226 e. The molecule has 2 aliphatic rings. The molecular weight excluding hydrogens is 294 g/mol. The maximum absolute atomic E-state index is 12.1. The average molecular weight is 315 g/mol. The van der Waals surface area contributed by atoms with E-state index in [2.05, 4.69) is 20.6 Å². The van der Waals surface area contributed by atoms with E-state index in [9.17, 15) is 4.79 Å². The Hall–Kier alpha value is -2.18. The molecule has 7 nitrogen and oxygen atoms in total. The lowest BCUT2D eigenvalue weighted by Crippen LogP contribution is -2.16. The minimum atomic E-state index is 0.00415. The summed E-state index contributed by atoms with van der Waals surface area (Å²) in [5.41, 5.74) is 0. The Bertz CT molecular complexity index is 684. The second-order valence-electron chi connectivity index (χ2n) is 6.56. The van der Waals surface area contributed by atoms with Gasteiger partial charge in [0.05, 0.1) is 6.20 Å². The van der Waals surface area contributed by atoms with Gasteiger partial charge < -0.3 is 9.84 Å². The van der Waals surface area contributed by atoms with Crippen molar-refractivity contribution in [3.05, 3.63) is 24.0 Å². The van der Waals surface area contributed by atoms with Gasteiger partial charge in [-0.3, -0.25) is 4.79 Å². The summed E-state index contributed by atoms with van der Waals surface area (Å²) in [6.45, 7) is 0.897. The molecule has 0 aliphatic heterocycles. The molecule has 0 aromatic carbocycles. The fraction of sp³-hybridized carbons (Fsp3) is 0.625. The first-order chi connectivity index (χ1) is 11.3. The predicted molar refractivity (Wildman–Crippen MR) is 82.8 cm³/mol. The second-order valence-corrected chi connectivity index (χ2v) is 6.56. The van der Waals surface area contributed by atoms with Crippen LogP contribution in [-0.4, -0.2) is 25.8 Å². The normalized spacial score (nSPS) is 17.4. The summed E-state index contributed by atoms with van der Waals surface area (Å²) < 4.78 is 7.10. The van der Waals surface area contributed by atoms with E-state index < -0.39 is 0 Å². The van der Waals surface area contributed by atoms with E-state index in [1.165, 1.54) is 12.8 Å². The SMILES string of the molecule is O=C(CCCc1nc(C2CC2)no1)Nc1ccnn1CC1CC1. The number of hydrogen-bond acceptors (Lipinski definition) is 5. The molecule has 2 aliphatic carbocycles. The van der Waals surface area contributed by atoms with Crippen LogP contribution in [0.15, 0.2) is 16.8 Å². The minimum Gasteiger partial charge on any atom is -0.339 e. The molecule has 0 saturated heterocycles. The highest BCUT2D eigenvalue weighted by molar-refractivity contribution is 5.89. The van der Waals surface area contributed by atoms with Crippen LogP contribution in [-0.2, 0) is 17.8 Å². The third kappa shape index (κ3) is 3.78. The smallest absolute Gasteiger partial charge is 0.226 e. The molecule has 0 atom stereocenters. The molecule has 2 fully saturated rings. The van der Waals surface area contributed by atoms with Crippen LogP contribution in [0.5, 0.6) is 0 Å². The quantitative estimate of drug-likeness (QED) is 0.809. The zero-order chi connectivity index (χ0) is 15.6. The van der Waals surface area contributed by atoms with Crippen LogP contribution in [0.2, 0.25) is 0 Å². The molecule has 0 spiro atoms. The number of hydrogen-bond donors (Lipinski definition) is 1. The molecular formula is C16H21N5O2. The summed E-state index contributed by atoms with van der Waals surface area (Å²) in [4.78, 5) is 16.4. The fourth-order valence-corrected chi connectivity index (χ4v) is 2.61. The Morgan fingerprint density at radius 2 is 2.22 bits per heavy atom. The van der Waals surface area contributed by atoms with Crippen molar-refractivity contribution >= 4 is 11.7 Å². The molecule has 2 aromatic heterocycles. The molecule has 2 saturated carbocycles. The molecule has 0 unspecified atom stereocenters. The number of anilines is 1. The van der Waals surface area contributed by atoms with Crippen molar-refractivity contribution in [2.75, 3.05) is 5.32 Å². The van der Waals surface area contributed by atoms with Gasteiger partial charge in [0.1, 0.15) is 5.82 Å². The van der Waals surface area contributed by atoms with E-state index in [1.807, 2.05) is 10.7 Å². The van der Waals surface area contributed by atoms with Crippen molar-refractivity contribution < 1.29 is 9.32 Å². The monoisotopic (exact) mass is 315 g/mol. The highest BCUT2D eigenvalue weighted by Gasteiger charge is 2.28. The number of carbonyl (C=O) groups excluding carboxylic acids is 1. The maximum atomic E-state index is 12.1. The van der Waals surface area contributed by atoms with Gasteiger partial charge in [0.2, 0.25) is 11.8 Å². The van der Waals surface area contributed by atoms with Crippen molar-refractivity contribution in [2.45, 2.75) is 57.4 Å². The van der Waals surface area contributed by atoms with Crippen molar-refractivity contribution in [3.63, 3.8) is 0 Å². The molecule has 0 radical (unpaired) electrons. The van der Waals surface area contributed by atoms with E-state index in [4.69, 9.17) is 4.52 Å². The van der Waals surface area contributed by atoms with Crippen LogP contribution < -0.4 is 5.32 Å². The van der Waals surface area contributed by atoms with E-state index in [1.54, 1.807) is 6.20 Å². The lowest BCUT2D eigenvalue weighted by molar-refractivity contribution is -0.116. The van der Waals surface area contributed by atoms with Crippen LogP contribution in [0.25, 0.3) is 0 Å². The second kappa shape index (κ2) is 6.14. The lowest BCUT2D eigenvalue weighted by Gasteiger charge is -2.08. The molecule has 2 heterocycles. The van der Waals surface area contributed by atoms with Gasteiger partial charge in [0.15, 0.2) is 5.82 Å². The first kappa shape index (κ1) is 14.4. The summed E-state index contributed by atoms with van der Waals surface area (Å²) in [5.74, 6) is 3.48. The Balaban J connectivity index is 1.22. The summed E-state index contributed by atoms with van der Waals surface area (Å²) in [6.07, 6.45) is 8.38. The minimum absolute atomic E-state index is 0.00415. The molecule has 4 rings (SSSR count). The molecule has 1 N–H and O–H groups in total. The number of amides is 1. The molecule has 2 aromatic rings. The molecule has 1 amide bonds. The van der Waals surface area contributed by atoms with Crippen LogP contribution in [0, 0.1) is 5.92 Å². The highest BCUT2D eigenvalue weighted by atomic mass is 16.5. The Morgan fingerprint density at radius 3 is 3.00 bits per heavy atom. The van der Waals surface area contributed by atoms with Gasteiger partial charge >= 0.3 is 0 Å². The van der Waals surface area contributed by atoms with Gasteiger partial charge in [-0.25, -0.2) is 4.68 Å². The van der Waals surface area contributed by atoms with Crippen molar-refractivity contribution in [2.24, 2.45) is 5.92 Å². The highest BCUT2D eigenvalue weighted by Crippen LogP contribution is 2.38. The number of nitrogens with one attached hydrogen (secondary N) is 1. The van der Waals surface area contributed by atoms with Gasteiger partial charge in [-0.2, -0.15) is 10.1 Å². The third-order valence-electron chi connectivity index (χ3n) is 4.33. The summed E-state index contributed by atoms with van der Waals surface area (Å²) in [6, 6.07) is 1.85. The van der Waals surface area contributed by atoms with Crippen LogP contribution in [0.1, 0.15) is 56.2 Å². The zero-order valence-electron chi connectivity index (χ0n) is 13.1. The summed E-state index contributed by atoms with van der Waals surface area (Å²) in [7, 11) is 0.